The van der Waals surface area contributed by atoms with Gasteiger partial charge in [0.2, 0.25) is 0 Å². The second-order valence-electron chi connectivity index (χ2n) is 5.61. The van der Waals surface area contributed by atoms with Gasteiger partial charge in [0.15, 0.2) is 0 Å². The van der Waals surface area contributed by atoms with Crippen molar-refractivity contribution in [2.24, 2.45) is 11.8 Å². The van der Waals surface area contributed by atoms with Crippen molar-refractivity contribution in [1.82, 2.24) is 5.32 Å². The molecule has 3 nitrogen and oxygen atoms in total. The maximum Gasteiger partial charge on any atom is 0.261 e. The number of rotatable bonds is 4. The fourth-order valence-corrected chi connectivity index (χ4v) is 4.06. The molecule has 1 aromatic carbocycles. The van der Waals surface area contributed by atoms with Crippen molar-refractivity contribution in [2.75, 3.05) is 13.2 Å². The van der Waals surface area contributed by atoms with Gasteiger partial charge in [-0.3, -0.25) is 4.79 Å². The third-order valence-corrected chi connectivity index (χ3v) is 5.41. The Kier molecular flexibility index (Phi) is 4.22. The van der Waals surface area contributed by atoms with Crippen molar-refractivity contribution < 1.29 is 14.3 Å². The largest absolute Gasteiger partial charge is 0.396 e. The van der Waals surface area contributed by atoms with Gasteiger partial charge in [-0.15, -0.1) is 11.3 Å². The second kappa shape index (κ2) is 6.12. The number of hydrogen-bond donors (Lipinski definition) is 2. The van der Waals surface area contributed by atoms with Gasteiger partial charge < -0.3 is 10.4 Å². The van der Waals surface area contributed by atoms with E-state index < -0.39 is 0 Å². The third kappa shape index (κ3) is 2.94. The van der Waals surface area contributed by atoms with E-state index in [1.54, 1.807) is 12.1 Å². The first-order valence-corrected chi connectivity index (χ1v) is 8.08. The van der Waals surface area contributed by atoms with Gasteiger partial charge in [0.05, 0.1) is 4.88 Å². The zero-order chi connectivity index (χ0) is 14.8. The van der Waals surface area contributed by atoms with Crippen LogP contribution in [0.3, 0.4) is 0 Å². The lowest BCUT2D eigenvalue weighted by Crippen LogP contribution is -2.31. The number of benzene rings is 1. The molecule has 1 amide bonds. The molecule has 21 heavy (non-hydrogen) atoms. The Morgan fingerprint density at radius 2 is 2.19 bits per heavy atom. The third-order valence-electron chi connectivity index (χ3n) is 4.31. The highest BCUT2D eigenvalue weighted by Crippen LogP contribution is 2.31. The molecule has 1 fully saturated rings. The summed E-state index contributed by atoms with van der Waals surface area (Å²) in [7, 11) is 0. The molecule has 5 heteroatoms. The number of fused-ring (bicyclic) bond motifs is 1. The Hall–Kier alpha value is -1.46. The van der Waals surface area contributed by atoms with Crippen molar-refractivity contribution in [3.8, 4) is 0 Å². The fraction of sp³-hybridized carbons (Fsp3) is 0.438. The lowest BCUT2D eigenvalue weighted by molar-refractivity contribution is 0.0942. The van der Waals surface area contributed by atoms with Gasteiger partial charge in [0.1, 0.15) is 5.82 Å². The van der Waals surface area contributed by atoms with Crippen LogP contribution in [0.5, 0.6) is 0 Å². The zero-order valence-electron chi connectivity index (χ0n) is 11.6. The number of hydrogen-bond acceptors (Lipinski definition) is 3. The molecular formula is C16H18FNO2S. The van der Waals surface area contributed by atoms with E-state index in [0.717, 1.165) is 24.0 Å². The molecule has 0 aliphatic heterocycles. The van der Waals surface area contributed by atoms with Crippen molar-refractivity contribution in [2.45, 2.75) is 19.3 Å². The van der Waals surface area contributed by atoms with Crippen molar-refractivity contribution in [1.29, 1.82) is 0 Å². The molecule has 1 heterocycles. The van der Waals surface area contributed by atoms with Gasteiger partial charge in [-0.2, -0.15) is 0 Å². The molecule has 0 spiro atoms. The summed E-state index contributed by atoms with van der Waals surface area (Å²) in [6.45, 7) is 0.773. The predicted octanol–water partition coefficient (Wildman–Crippen LogP) is 3.18. The Balaban J connectivity index is 1.68. The Labute approximate surface area is 126 Å². The minimum absolute atomic E-state index is 0.154. The van der Waals surface area contributed by atoms with Crippen LogP contribution in [0.15, 0.2) is 24.3 Å². The van der Waals surface area contributed by atoms with Crippen LogP contribution in [0.4, 0.5) is 4.39 Å². The molecule has 112 valence electrons. The number of halogens is 1. The van der Waals surface area contributed by atoms with Crippen LogP contribution >= 0.6 is 11.3 Å². The Morgan fingerprint density at radius 1 is 1.38 bits per heavy atom. The molecule has 1 saturated carbocycles. The summed E-state index contributed by atoms with van der Waals surface area (Å²) in [6, 6.07) is 6.49. The molecule has 1 aliphatic carbocycles. The van der Waals surface area contributed by atoms with Crippen LogP contribution in [-0.4, -0.2) is 24.2 Å². The smallest absolute Gasteiger partial charge is 0.261 e. The van der Waals surface area contributed by atoms with Crippen LogP contribution in [0.25, 0.3) is 10.1 Å². The molecule has 2 atom stereocenters. The van der Waals surface area contributed by atoms with E-state index in [2.05, 4.69) is 5.32 Å². The van der Waals surface area contributed by atoms with E-state index in [-0.39, 0.29) is 18.3 Å². The maximum absolute atomic E-state index is 13.6. The topological polar surface area (TPSA) is 49.3 Å². The highest BCUT2D eigenvalue weighted by atomic mass is 32.1. The average Bonchev–Trinajstić information content (AvgIpc) is 3.11. The van der Waals surface area contributed by atoms with Gasteiger partial charge in [-0.25, -0.2) is 4.39 Å². The normalized spacial score (nSPS) is 21.8. The second-order valence-corrected chi connectivity index (χ2v) is 6.69. The molecule has 0 saturated heterocycles. The first-order valence-electron chi connectivity index (χ1n) is 7.26. The maximum atomic E-state index is 13.6. The van der Waals surface area contributed by atoms with Crippen molar-refractivity contribution >= 4 is 27.3 Å². The molecule has 1 aromatic heterocycles. The average molecular weight is 307 g/mol. The van der Waals surface area contributed by atoms with E-state index >= 15 is 0 Å². The van der Waals surface area contributed by atoms with Crippen LogP contribution in [0, 0.1) is 17.7 Å². The molecule has 2 aromatic rings. The van der Waals surface area contributed by atoms with Gasteiger partial charge in [0, 0.05) is 23.2 Å². The van der Waals surface area contributed by atoms with E-state index in [4.69, 9.17) is 0 Å². The zero-order valence-corrected chi connectivity index (χ0v) is 12.5. The fourth-order valence-electron chi connectivity index (χ4n) is 3.07. The summed E-state index contributed by atoms with van der Waals surface area (Å²) in [5.74, 6) is 0.202. The molecular weight excluding hydrogens is 289 g/mol. The molecule has 2 N–H and O–H groups in total. The molecule has 0 radical (unpaired) electrons. The number of aliphatic hydroxyl groups is 1. The molecule has 0 bridgehead atoms. The number of carbonyl (C=O) groups is 1. The summed E-state index contributed by atoms with van der Waals surface area (Å²) in [5, 5.41) is 12.7. The quantitative estimate of drug-likeness (QED) is 0.911. The van der Waals surface area contributed by atoms with Crippen LogP contribution in [-0.2, 0) is 0 Å². The van der Waals surface area contributed by atoms with E-state index in [1.165, 1.54) is 17.4 Å². The number of carbonyl (C=O) groups excluding carboxylic acids is 1. The SMILES string of the molecule is O=C(NCC1CCCC1CO)c1cc2c(F)cccc2s1. The monoisotopic (exact) mass is 307 g/mol. The standard InChI is InChI=1S/C16H18FNO2S/c17-13-5-2-6-14-12(13)7-15(21-14)16(20)18-8-10-3-1-4-11(10)9-19/h2,5-7,10-11,19H,1,3-4,8-9H2,(H,18,20). The van der Waals surface area contributed by atoms with Crippen molar-refractivity contribution in [3.05, 3.63) is 35.0 Å². The highest BCUT2D eigenvalue weighted by Gasteiger charge is 2.27. The molecule has 2 unspecified atom stereocenters. The van der Waals surface area contributed by atoms with E-state index in [9.17, 15) is 14.3 Å². The van der Waals surface area contributed by atoms with Gasteiger partial charge in [-0.05, 0) is 42.9 Å². The molecule has 3 rings (SSSR count). The lowest BCUT2D eigenvalue weighted by Gasteiger charge is -2.17. The first-order chi connectivity index (χ1) is 10.2. The molecule has 1 aliphatic rings. The minimum atomic E-state index is -0.293. The van der Waals surface area contributed by atoms with Gasteiger partial charge >= 0.3 is 0 Å². The first kappa shape index (κ1) is 14.5. The Morgan fingerprint density at radius 3 is 2.95 bits per heavy atom. The number of nitrogens with one attached hydrogen (secondary N) is 1. The van der Waals surface area contributed by atoms with Crippen LogP contribution in [0.1, 0.15) is 28.9 Å². The number of amides is 1. The number of thiophene rings is 1. The van der Waals surface area contributed by atoms with Crippen LogP contribution in [0.2, 0.25) is 0 Å². The van der Waals surface area contributed by atoms with Crippen LogP contribution < -0.4 is 5.32 Å². The van der Waals surface area contributed by atoms with Gasteiger partial charge in [-0.1, -0.05) is 12.5 Å². The minimum Gasteiger partial charge on any atom is -0.396 e. The highest BCUT2D eigenvalue weighted by molar-refractivity contribution is 7.20. The number of aliphatic hydroxyl groups excluding tert-OH is 1. The summed E-state index contributed by atoms with van der Waals surface area (Å²) >= 11 is 1.31. The van der Waals surface area contributed by atoms with E-state index in [0.29, 0.717) is 28.6 Å². The van der Waals surface area contributed by atoms with Crippen molar-refractivity contribution in [3.63, 3.8) is 0 Å². The predicted molar refractivity (Wildman–Crippen MR) is 82.0 cm³/mol. The summed E-state index contributed by atoms with van der Waals surface area (Å²) in [4.78, 5) is 12.7. The summed E-state index contributed by atoms with van der Waals surface area (Å²) in [5.41, 5.74) is 0. The summed E-state index contributed by atoms with van der Waals surface area (Å²) < 4.78 is 14.4. The van der Waals surface area contributed by atoms with E-state index in [1.807, 2.05) is 6.07 Å². The summed E-state index contributed by atoms with van der Waals surface area (Å²) in [6.07, 6.45) is 3.19. The van der Waals surface area contributed by atoms with Gasteiger partial charge in [0.25, 0.3) is 5.91 Å². The lowest BCUT2D eigenvalue weighted by atomic mass is 9.97. The Bertz CT molecular complexity index is 655.